The van der Waals surface area contributed by atoms with Crippen molar-refractivity contribution in [3.05, 3.63) is 24.0 Å². The molecule has 1 N–H and O–H groups in total. The normalized spacial score (nSPS) is 19.9. The number of allylic oxidation sites excluding steroid dienone is 2. The molecule has 1 aromatic heterocycles. The smallest absolute Gasteiger partial charge is 0.223 e. The van der Waals surface area contributed by atoms with Gasteiger partial charge in [-0.05, 0) is 43.2 Å². The Labute approximate surface area is 103 Å². The Bertz CT molecular complexity index is 398. The van der Waals surface area contributed by atoms with Gasteiger partial charge in [0.15, 0.2) is 0 Å². The molecule has 1 aliphatic carbocycles. The molecule has 1 aromatic rings. The van der Waals surface area contributed by atoms with Crippen molar-refractivity contribution in [1.29, 1.82) is 0 Å². The lowest BCUT2D eigenvalue weighted by molar-refractivity contribution is 0.533. The van der Waals surface area contributed by atoms with Crippen LogP contribution in [0.25, 0.3) is 5.57 Å². The molecule has 1 unspecified atom stereocenters. The highest BCUT2D eigenvalue weighted by Gasteiger charge is 2.12. The van der Waals surface area contributed by atoms with Crippen LogP contribution in [0.5, 0.6) is 0 Å². The molecule has 17 heavy (non-hydrogen) atoms. The van der Waals surface area contributed by atoms with Gasteiger partial charge in [0.2, 0.25) is 5.95 Å². The van der Waals surface area contributed by atoms with Gasteiger partial charge in [0, 0.05) is 12.7 Å². The molecule has 0 bridgehead atoms. The zero-order valence-corrected chi connectivity index (χ0v) is 10.7. The monoisotopic (exact) mass is 231 g/mol. The molecule has 1 aliphatic rings. The summed E-state index contributed by atoms with van der Waals surface area (Å²) in [7, 11) is 0. The van der Waals surface area contributed by atoms with E-state index in [0.717, 1.165) is 36.9 Å². The lowest BCUT2D eigenvalue weighted by Gasteiger charge is -2.18. The van der Waals surface area contributed by atoms with E-state index in [1.807, 2.05) is 12.3 Å². The van der Waals surface area contributed by atoms with E-state index in [1.165, 1.54) is 18.4 Å². The van der Waals surface area contributed by atoms with Gasteiger partial charge in [0.1, 0.15) is 0 Å². The Hall–Kier alpha value is -1.38. The van der Waals surface area contributed by atoms with Gasteiger partial charge in [-0.3, -0.25) is 0 Å². The number of anilines is 1. The molecule has 3 nitrogen and oxygen atoms in total. The molecule has 0 saturated carbocycles. The molecular formula is C14H21N3. The molecule has 0 aromatic carbocycles. The SMILES string of the molecule is CCCNc1nccc(C2=CCC(C)CC2)n1. The Morgan fingerprint density at radius 2 is 2.35 bits per heavy atom. The summed E-state index contributed by atoms with van der Waals surface area (Å²) >= 11 is 0. The van der Waals surface area contributed by atoms with Crippen LogP contribution in [-0.2, 0) is 0 Å². The second-order valence-electron chi connectivity index (χ2n) is 4.80. The van der Waals surface area contributed by atoms with Crippen LogP contribution in [0.4, 0.5) is 5.95 Å². The van der Waals surface area contributed by atoms with Gasteiger partial charge in [-0.1, -0.05) is 19.9 Å². The maximum absolute atomic E-state index is 4.57. The summed E-state index contributed by atoms with van der Waals surface area (Å²) in [5.41, 5.74) is 2.47. The van der Waals surface area contributed by atoms with Crippen LogP contribution in [0.2, 0.25) is 0 Å². The van der Waals surface area contributed by atoms with E-state index in [-0.39, 0.29) is 0 Å². The van der Waals surface area contributed by atoms with Gasteiger partial charge >= 0.3 is 0 Å². The number of hydrogen-bond donors (Lipinski definition) is 1. The van der Waals surface area contributed by atoms with Crippen molar-refractivity contribution < 1.29 is 0 Å². The van der Waals surface area contributed by atoms with E-state index < -0.39 is 0 Å². The number of rotatable bonds is 4. The van der Waals surface area contributed by atoms with Crippen LogP contribution >= 0.6 is 0 Å². The van der Waals surface area contributed by atoms with Crippen LogP contribution in [0.1, 0.15) is 45.2 Å². The number of nitrogens with zero attached hydrogens (tertiary/aromatic N) is 2. The average Bonchev–Trinajstić information content (AvgIpc) is 2.37. The first-order chi connectivity index (χ1) is 8.29. The molecule has 0 saturated heterocycles. The zero-order valence-electron chi connectivity index (χ0n) is 10.7. The second-order valence-corrected chi connectivity index (χ2v) is 4.80. The molecule has 0 radical (unpaired) electrons. The predicted molar refractivity (Wildman–Crippen MR) is 71.8 cm³/mol. The number of hydrogen-bond acceptors (Lipinski definition) is 3. The lowest BCUT2D eigenvalue weighted by atomic mass is 9.90. The van der Waals surface area contributed by atoms with Gasteiger partial charge in [0.25, 0.3) is 0 Å². The number of aromatic nitrogens is 2. The second kappa shape index (κ2) is 5.80. The topological polar surface area (TPSA) is 37.8 Å². The Morgan fingerprint density at radius 1 is 1.47 bits per heavy atom. The van der Waals surface area contributed by atoms with Crippen LogP contribution < -0.4 is 5.32 Å². The van der Waals surface area contributed by atoms with Crippen molar-refractivity contribution >= 4 is 11.5 Å². The summed E-state index contributed by atoms with van der Waals surface area (Å²) in [4.78, 5) is 8.81. The van der Waals surface area contributed by atoms with Crippen molar-refractivity contribution in [2.24, 2.45) is 5.92 Å². The lowest BCUT2D eigenvalue weighted by Crippen LogP contribution is -2.07. The first-order valence-electron chi connectivity index (χ1n) is 6.56. The van der Waals surface area contributed by atoms with Gasteiger partial charge in [-0.25, -0.2) is 9.97 Å². The quantitative estimate of drug-likeness (QED) is 0.861. The van der Waals surface area contributed by atoms with Crippen molar-refractivity contribution in [2.45, 2.75) is 39.5 Å². The summed E-state index contributed by atoms with van der Waals surface area (Å²) in [6.45, 7) is 5.38. The predicted octanol–water partition coefficient (Wildman–Crippen LogP) is 3.50. The largest absolute Gasteiger partial charge is 0.354 e. The molecule has 92 valence electrons. The molecule has 1 heterocycles. The summed E-state index contributed by atoms with van der Waals surface area (Å²) < 4.78 is 0. The Kier molecular flexibility index (Phi) is 4.13. The van der Waals surface area contributed by atoms with E-state index in [0.29, 0.717) is 0 Å². The van der Waals surface area contributed by atoms with E-state index in [4.69, 9.17) is 0 Å². The maximum Gasteiger partial charge on any atom is 0.223 e. The summed E-state index contributed by atoms with van der Waals surface area (Å²) in [5, 5.41) is 3.23. The minimum absolute atomic E-state index is 0.754. The maximum atomic E-state index is 4.57. The highest BCUT2D eigenvalue weighted by Crippen LogP contribution is 2.28. The Balaban J connectivity index is 2.10. The first kappa shape index (κ1) is 12.1. The number of nitrogens with one attached hydrogen (secondary N) is 1. The van der Waals surface area contributed by atoms with E-state index in [2.05, 4.69) is 35.2 Å². The van der Waals surface area contributed by atoms with E-state index in [9.17, 15) is 0 Å². The molecule has 0 spiro atoms. The summed E-state index contributed by atoms with van der Waals surface area (Å²) in [5.74, 6) is 1.57. The van der Waals surface area contributed by atoms with Crippen molar-refractivity contribution in [2.75, 3.05) is 11.9 Å². The van der Waals surface area contributed by atoms with Gasteiger partial charge < -0.3 is 5.32 Å². The fourth-order valence-electron chi connectivity index (χ4n) is 2.06. The molecule has 2 rings (SSSR count). The molecule has 3 heteroatoms. The zero-order chi connectivity index (χ0) is 12.1. The summed E-state index contributed by atoms with van der Waals surface area (Å²) in [6.07, 6.45) is 8.86. The molecular weight excluding hydrogens is 210 g/mol. The third-order valence-corrected chi connectivity index (χ3v) is 3.19. The standard InChI is InChI=1S/C14H21N3/c1-3-9-15-14-16-10-8-13(17-14)12-6-4-11(2)5-7-12/h6,8,10-11H,3-5,7,9H2,1-2H3,(H,15,16,17). The fourth-order valence-corrected chi connectivity index (χ4v) is 2.06. The minimum Gasteiger partial charge on any atom is -0.354 e. The van der Waals surface area contributed by atoms with E-state index >= 15 is 0 Å². The summed E-state index contributed by atoms with van der Waals surface area (Å²) in [6, 6.07) is 2.01. The first-order valence-corrected chi connectivity index (χ1v) is 6.56. The van der Waals surface area contributed by atoms with Crippen LogP contribution in [-0.4, -0.2) is 16.5 Å². The molecule has 1 atom stereocenters. The van der Waals surface area contributed by atoms with Gasteiger partial charge in [0.05, 0.1) is 5.69 Å². The third kappa shape index (κ3) is 3.29. The van der Waals surface area contributed by atoms with Crippen molar-refractivity contribution in [3.63, 3.8) is 0 Å². The van der Waals surface area contributed by atoms with Crippen molar-refractivity contribution in [1.82, 2.24) is 9.97 Å². The Morgan fingerprint density at radius 3 is 3.06 bits per heavy atom. The van der Waals surface area contributed by atoms with Crippen LogP contribution in [0, 0.1) is 5.92 Å². The van der Waals surface area contributed by atoms with E-state index in [1.54, 1.807) is 0 Å². The minimum atomic E-state index is 0.754. The fraction of sp³-hybridized carbons (Fsp3) is 0.571. The third-order valence-electron chi connectivity index (χ3n) is 3.19. The molecule has 0 amide bonds. The molecule has 0 fully saturated rings. The molecule has 0 aliphatic heterocycles. The van der Waals surface area contributed by atoms with Gasteiger partial charge in [-0.2, -0.15) is 0 Å². The van der Waals surface area contributed by atoms with Crippen molar-refractivity contribution in [3.8, 4) is 0 Å². The highest BCUT2D eigenvalue weighted by molar-refractivity contribution is 5.63. The van der Waals surface area contributed by atoms with Gasteiger partial charge in [-0.15, -0.1) is 0 Å². The van der Waals surface area contributed by atoms with Crippen LogP contribution in [0.3, 0.4) is 0 Å². The highest BCUT2D eigenvalue weighted by atomic mass is 15.1. The van der Waals surface area contributed by atoms with Crippen LogP contribution in [0.15, 0.2) is 18.3 Å². The average molecular weight is 231 g/mol.